The number of nitrogens with zero attached hydrogens (tertiary/aromatic N) is 1. The minimum absolute atomic E-state index is 0.0195. The van der Waals surface area contributed by atoms with Crippen molar-refractivity contribution < 1.29 is 24.2 Å². The molecule has 2 aromatic rings. The van der Waals surface area contributed by atoms with Crippen molar-refractivity contribution in [2.45, 2.75) is 27.2 Å². The van der Waals surface area contributed by atoms with Crippen LogP contribution in [0.2, 0.25) is 0 Å². The maximum absolute atomic E-state index is 12.9. The van der Waals surface area contributed by atoms with Crippen molar-refractivity contribution in [1.29, 1.82) is 0 Å². The van der Waals surface area contributed by atoms with Gasteiger partial charge in [-0.2, -0.15) is 0 Å². The third kappa shape index (κ3) is 3.41. The van der Waals surface area contributed by atoms with Gasteiger partial charge in [-0.3, -0.25) is 9.59 Å². The number of benzene rings is 2. The fraction of sp³-hybridized carbons (Fsp3) is 0.227. The SMILES string of the molecule is CCCOC(=O)c1ccc(N2C(=O)C(O)=C(c3ccc(C)cc3C)C2=O)cc1. The monoisotopic (exact) mass is 379 g/mol. The van der Waals surface area contributed by atoms with Crippen LogP contribution in [0.25, 0.3) is 5.57 Å². The van der Waals surface area contributed by atoms with Gasteiger partial charge in [0.25, 0.3) is 5.91 Å². The van der Waals surface area contributed by atoms with E-state index in [2.05, 4.69) is 0 Å². The summed E-state index contributed by atoms with van der Waals surface area (Å²) in [6.45, 7) is 5.96. The molecule has 0 fully saturated rings. The second-order valence-corrected chi connectivity index (χ2v) is 6.67. The zero-order chi connectivity index (χ0) is 20.4. The minimum atomic E-state index is -0.790. The molecule has 1 N–H and O–H groups in total. The largest absolute Gasteiger partial charge is 0.502 e. The Morgan fingerprint density at radius 1 is 1.04 bits per heavy atom. The highest BCUT2D eigenvalue weighted by atomic mass is 16.5. The number of carbonyl (C=O) groups excluding carboxylic acids is 3. The van der Waals surface area contributed by atoms with Gasteiger partial charge in [-0.1, -0.05) is 30.7 Å². The molecule has 0 aliphatic carbocycles. The lowest BCUT2D eigenvalue weighted by atomic mass is 9.98. The first kappa shape index (κ1) is 19.4. The number of esters is 1. The van der Waals surface area contributed by atoms with Crippen LogP contribution < -0.4 is 4.90 Å². The van der Waals surface area contributed by atoms with Crippen LogP contribution in [0.4, 0.5) is 5.69 Å². The Hall–Kier alpha value is -3.41. The molecule has 0 saturated heterocycles. The number of rotatable bonds is 5. The van der Waals surface area contributed by atoms with Crippen LogP contribution in [0.5, 0.6) is 0 Å². The summed E-state index contributed by atoms with van der Waals surface area (Å²) in [6.07, 6.45) is 0.715. The molecule has 0 unspecified atom stereocenters. The van der Waals surface area contributed by atoms with Gasteiger partial charge in [-0.15, -0.1) is 0 Å². The predicted octanol–water partition coefficient (Wildman–Crippen LogP) is 3.71. The van der Waals surface area contributed by atoms with E-state index in [1.807, 2.05) is 32.9 Å². The average Bonchev–Trinajstić information content (AvgIpc) is 2.89. The Bertz CT molecular complexity index is 988. The van der Waals surface area contributed by atoms with Gasteiger partial charge in [-0.25, -0.2) is 9.69 Å². The van der Waals surface area contributed by atoms with E-state index in [4.69, 9.17) is 4.74 Å². The number of aliphatic hydroxyl groups is 1. The van der Waals surface area contributed by atoms with Crippen molar-refractivity contribution in [2.75, 3.05) is 11.5 Å². The zero-order valence-electron chi connectivity index (χ0n) is 16.0. The topological polar surface area (TPSA) is 83.9 Å². The van der Waals surface area contributed by atoms with Gasteiger partial charge < -0.3 is 9.84 Å². The molecule has 0 atom stereocenters. The molecule has 2 amide bonds. The summed E-state index contributed by atoms with van der Waals surface area (Å²) in [5.41, 5.74) is 2.90. The molecule has 1 heterocycles. The van der Waals surface area contributed by atoms with Gasteiger partial charge in [0.1, 0.15) is 0 Å². The lowest BCUT2D eigenvalue weighted by Gasteiger charge is -2.15. The van der Waals surface area contributed by atoms with E-state index >= 15 is 0 Å². The molecule has 0 bridgehead atoms. The van der Waals surface area contributed by atoms with Gasteiger partial charge in [-0.05, 0) is 55.7 Å². The maximum atomic E-state index is 12.9. The van der Waals surface area contributed by atoms with E-state index in [0.29, 0.717) is 24.2 Å². The van der Waals surface area contributed by atoms with E-state index in [9.17, 15) is 19.5 Å². The smallest absolute Gasteiger partial charge is 0.338 e. The fourth-order valence-electron chi connectivity index (χ4n) is 3.11. The zero-order valence-corrected chi connectivity index (χ0v) is 16.0. The molecule has 6 nitrogen and oxygen atoms in total. The van der Waals surface area contributed by atoms with Gasteiger partial charge in [0.15, 0.2) is 5.76 Å². The number of aryl methyl sites for hydroxylation is 2. The van der Waals surface area contributed by atoms with E-state index in [1.54, 1.807) is 6.07 Å². The number of imide groups is 1. The molecule has 144 valence electrons. The summed E-state index contributed by atoms with van der Waals surface area (Å²) in [7, 11) is 0. The van der Waals surface area contributed by atoms with E-state index < -0.39 is 23.5 Å². The lowest BCUT2D eigenvalue weighted by Crippen LogP contribution is -2.31. The highest BCUT2D eigenvalue weighted by Gasteiger charge is 2.40. The number of anilines is 1. The Balaban J connectivity index is 1.90. The molecule has 1 aliphatic rings. The quantitative estimate of drug-likeness (QED) is 0.632. The standard InChI is InChI=1S/C22H21NO5/c1-4-11-28-22(27)15-6-8-16(9-7-15)23-20(25)18(19(24)21(23)26)17-10-5-13(2)12-14(17)3/h5-10,12,24H,4,11H2,1-3H3. The molecule has 28 heavy (non-hydrogen) atoms. The number of hydrogen-bond acceptors (Lipinski definition) is 5. The highest BCUT2D eigenvalue weighted by molar-refractivity contribution is 6.45. The Morgan fingerprint density at radius 2 is 1.71 bits per heavy atom. The van der Waals surface area contributed by atoms with E-state index in [1.165, 1.54) is 24.3 Å². The number of hydrogen-bond donors (Lipinski definition) is 1. The number of carbonyl (C=O) groups is 3. The summed E-state index contributed by atoms with van der Waals surface area (Å²) in [5.74, 6) is -2.44. The summed E-state index contributed by atoms with van der Waals surface area (Å²) in [6, 6.07) is 11.4. The molecule has 1 aliphatic heterocycles. The van der Waals surface area contributed by atoms with Crippen LogP contribution in [0, 0.1) is 13.8 Å². The molecular weight excluding hydrogens is 358 g/mol. The van der Waals surface area contributed by atoms with Gasteiger partial charge >= 0.3 is 11.9 Å². The van der Waals surface area contributed by atoms with Crippen LogP contribution >= 0.6 is 0 Å². The van der Waals surface area contributed by atoms with Crippen LogP contribution in [-0.2, 0) is 14.3 Å². The number of aliphatic hydroxyl groups excluding tert-OH is 1. The van der Waals surface area contributed by atoms with Gasteiger partial charge in [0, 0.05) is 0 Å². The molecule has 0 saturated carbocycles. The third-order valence-electron chi connectivity index (χ3n) is 4.51. The van der Waals surface area contributed by atoms with Crippen molar-refractivity contribution in [3.8, 4) is 0 Å². The highest BCUT2D eigenvalue weighted by Crippen LogP contribution is 2.33. The first-order chi connectivity index (χ1) is 13.3. The lowest BCUT2D eigenvalue weighted by molar-refractivity contribution is -0.121. The van der Waals surface area contributed by atoms with Crippen molar-refractivity contribution in [3.63, 3.8) is 0 Å². The number of ether oxygens (including phenoxy) is 1. The normalized spacial score (nSPS) is 14.0. The van der Waals surface area contributed by atoms with Crippen LogP contribution in [0.1, 0.15) is 40.4 Å². The molecular formula is C22H21NO5. The summed E-state index contributed by atoms with van der Waals surface area (Å²) in [4.78, 5) is 38.3. The molecule has 0 spiro atoms. The first-order valence-corrected chi connectivity index (χ1v) is 9.02. The maximum Gasteiger partial charge on any atom is 0.338 e. The van der Waals surface area contributed by atoms with Crippen LogP contribution in [-0.4, -0.2) is 29.5 Å². The molecule has 0 radical (unpaired) electrons. The van der Waals surface area contributed by atoms with Crippen molar-refractivity contribution >= 4 is 29.0 Å². The third-order valence-corrected chi connectivity index (χ3v) is 4.51. The molecule has 0 aromatic heterocycles. The second-order valence-electron chi connectivity index (χ2n) is 6.67. The Kier molecular flexibility index (Phi) is 5.31. The van der Waals surface area contributed by atoms with Crippen molar-refractivity contribution in [3.05, 3.63) is 70.5 Å². The summed E-state index contributed by atoms with van der Waals surface area (Å²) in [5, 5.41) is 10.3. The van der Waals surface area contributed by atoms with Crippen LogP contribution in [0.15, 0.2) is 48.2 Å². The average molecular weight is 379 g/mol. The summed E-state index contributed by atoms with van der Waals surface area (Å²) < 4.78 is 5.06. The van der Waals surface area contributed by atoms with E-state index in [-0.39, 0.29) is 11.3 Å². The van der Waals surface area contributed by atoms with E-state index in [0.717, 1.165) is 16.0 Å². The minimum Gasteiger partial charge on any atom is -0.502 e. The Morgan fingerprint density at radius 3 is 2.32 bits per heavy atom. The fourth-order valence-corrected chi connectivity index (χ4v) is 3.11. The molecule has 2 aromatic carbocycles. The van der Waals surface area contributed by atoms with Gasteiger partial charge in [0.05, 0.1) is 23.4 Å². The molecule has 3 rings (SSSR count). The first-order valence-electron chi connectivity index (χ1n) is 9.02. The Labute approximate surface area is 163 Å². The van der Waals surface area contributed by atoms with Crippen molar-refractivity contribution in [2.24, 2.45) is 0 Å². The van der Waals surface area contributed by atoms with Gasteiger partial charge in [0.2, 0.25) is 0 Å². The van der Waals surface area contributed by atoms with Crippen LogP contribution in [0.3, 0.4) is 0 Å². The van der Waals surface area contributed by atoms with Crippen molar-refractivity contribution in [1.82, 2.24) is 0 Å². The predicted molar refractivity (Wildman–Crippen MR) is 105 cm³/mol. The summed E-state index contributed by atoms with van der Waals surface area (Å²) >= 11 is 0. The second kappa shape index (κ2) is 7.68. The number of amides is 2. The molecule has 6 heteroatoms.